The molecule has 1 unspecified atom stereocenters. The summed E-state index contributed by atoms with van der Waals surface area (Å²) in [7, 11) is -1.61. The Morgan fingerprint density at radius 1 is 1.21 bits per heavy atom. The van der Waals surface area contributed by atoms with Crippen molar-refractivity contribution in [2.24, 2.45) is 5.92 Å². The average molecular weight is 284 g/mol. The van der Waals surface area contributed by atoms with E-state index in [1.165, 1.54) is 0 Å². The molecule has 108 valence electrons. The van der Waals surface area contributed by atoms with Gasteiger partial charge in [-0.05, 0) is 44.0 Å². The first-order valence-corrected chi connectivity index (χ1v) is 8.03. The summed E-state index contributed by atoms with van der Waals surface area (Å²) in [4.78, 5) is 0.368. The summed E-state index contributed by atoms with van der Waals surface area (Å²) in [5.41, 5.74) is 1.81. The van der Waals surface area contributed by atoms with Crippen LogP contribution in [0.3, 0.4) is 0 Å². The van der Waals surface area contributed by atoms with Gasteiger partial charge < -0.3 is 5.32 Å². The zero-order valence-electron chi connectivity index (χ0n) is 12.3. The lowest BCUT2D eigenvalue weighted by atomic mass is 10.1. The molecule has 0 spiro atoms. The molecule has 5 heteroatoms. The van der Waals surface area contributed by atoms with Crippen LogP contribution in [0.4, 0.5) is 0 Å². The SMILES string of the molecule is CNCc1cccc(S(=O)(=O)NC(C)C(C)C)c1C. The van der Waals surface area contributed by atoms with Crippen molar-refractivity contribution < 1.29 is 8.42 Å². The molecule has 1 aromatic rings. The Balaban J connectivity index is 3.11. The Labute approximate surface area is 116 Å². The van der Waals surface area contributed by atoms with E-state index in [9.17, 15) is 8.42 Å². The van der Waals surface area contributed by atoms with E-state index < -0.39 is 10.0 Å². The summed E-state index contributed by atoms with van der Waals surface area (Å²) in [6, 6.07) is 5.30. The van der Waals surface area contributed by atoms with Crippen LogP contribution in [0.2, 0.25) is 0 Å². The second-order valence-corrected chi connectivity index (χ2v) is 6.91. The summed E-state index contributed by atoms with van der Waals surface area (Å²) in [5, 5.41) is 3.05. The van der Waals surface area contributed by atoms with E-state index in [1.54, 1.807) is 12.1 Å². The van der Waals surface area contributed by atoms with Crippen LogP contribution in [0.15, 0.2) is 23.1 Å². The minimum absolute atomic E-state index is 0.0858. The predicted octanol–water partition coefficient (Wildman–Crippen LogP) is 2.04. The van der Waals surface area contributed by atoms with Gasteiger partial charge >= 0.3 is 0 Å². The topological polar surface area (TPSA) is 58.2 Å². The third-order valence-corrected chi connectivity index (χ3v) is 5.10. The van der Waals surface area contributed by atoms with E-state index in [4.69, 9.17) is 0 Å². The van der Waals surface area contributed by atoms with Gasteiger partial charge in [-0.3, -0.25) is 0 Å². The number of hydrogen-bond acceptors (Lipinski definition) is 3. The quantitative estimate of drug-likeness (QED) is 0.840. The molecule has 2 N–H and O–H groups in total. The summed E-state index contributed by atoms with van der Waals surface area (Å²) < 4.78 is 27.5. The Morgan fingerprint density at radius 3 is 2.37 bits per heavy atom. The number of nitrogens with one attached hydrogen (secondary N) is 2. The van der Waals surface area contributed by atoms with Gasteiger partial charge in [-0.1, -0.05) is 26.0 Å². The third-order valence-electron chi connectivity index (χ3n) is 3.39. The highest BCUT2D eigenvalue weighted by Crippen LogP contribution is 2.19. The molecule has 19 heavy (non-hydrogen) atoms. The molecule has 0 amide bonds. The van der Waals surface area contributed by atoms with E-state index in [0.717, 1.165) is 11.1 Å². The zero-order chi connectivity index (χ0) is 14.6. The van der Waals surface area contributed by atoms with Gasteiger partial charge in [0.15, 0.2) is 0 Å². The highest BCUT2D eigenvalue weighted by atomic mass is 32.2. The Kier molecular flexibility index (Phi) is 5.52. The molecule has 1 aromatic carbocycles. The van der Waals surface area contributed by atoms with Crippen molar-refractivity contribution in [3.05, 3.63) is 29.3 Å². The highest BCUT2D eigenvalue weighted by Gasteiger charge is 2.21. The van der Waals surface area contributed by atoms with Crippen molar-refractivity contribution in [3.8, 4) is 0 Å². The molecule has 0 aliphatic rings. The van der Waals surface area contributed by atoms with Crippen LogP contribution >= 0.6 is 0 Å². The highest BCUT2D eigenvalue weighted by molar-refractivity contribution is 7.89. The van der Waals surface area contributed by atoms with Gasteiger partial charge in [-0.25, -0.2) is 13.1 Å². The molecule has 4 nitrogen and oxygen atoms in total. The van der Waals surface area contributed by atoms with E-state index in [1.807, 2.05) is 40.8 Å². The van der Waals surface area contributed by atoms with Gasteiger partial charge in [-0.15, -0.1) is 0 Å². The lowest BCUT2D eigenvalue weighted by molar-refractivity contribution is 0.476. The summed E-state index contributed by atoms with van der Waals surface area (Å²) in [6.45, 7) is 8.39. The lowest BCUT2D eigenvalue weighted by Crippen LogP contribution is -2.36. The van der Waals surface area contributed by atoms with Crippen LogP contribution in [0.1, 0.15) is 31.9 Å². The molecule has 0 aliphatic heterocycles. The second-order valence-electron chi connectivity index (χ2n) is 5.22. The largest absolute Gasteiger partial charge is 0.316 e. The Bertz CT molecular complexity index is 524. The van der Waals surface area contributed by atoms with E-state index in [-0.39, 0.29) is 12.0 Å². The van der Waals surface area contributed by atoms with Crippen LogP contribution < -0.4 is 10.0 Å². The minimum atomic E-state index is -3.45. The molecular formula is C14H24N2O2S. The lowest BCUT2D eigenvalue weighted by Gasteiger charge is -2.19. The first-order valence-electron chi connectivity index (χ1n) is 6.55. The normalized spacial score (nSPS) is 13.8. The number of sulfonamides is 1. The molecule has 0 aliphatic carbocycles. The molecule has 0 radical (unpaired) electrons. The standard InChI is InChI=1S/C14H24N2O2S/c1-10(2)12(4)16-19(17,18)14-8-6-7-13(9-15-5)11(14)3/h6-8,10,12,15-16H,9H2,1-5H3. The molecule has 1 rings (SSSR count). The van der Waals surface area contributed by atoms with Crippen LogP contribution in [0.25, 0.3) is 0 Å². The number of rotatable bonds is 6. The van der Waals surface area contributed by atoms with Crippen molar-refractivity contribution in [2.75, 3.05) is 7.05 Å². The van der Waals surface area contributed by atoms with Crippen molar-refractivity contribution >= 4 is 10.0 Å². The fourth-order valence-corrected chi connectivity index (χ4v) is 3.46. The van der Waals surface area contributed by atoms with Crippen molar-refractivity contribution in [1.29, 1.82) is 0 Å². The molecule has 0 aromatic heterocycles. The van der Waals surface area contributed by atoms with Gasteiger partial charge in [-0.2, -0.15) is 0 Å². The van der Waals surface area contributed by atoms with Crippen LogP contribution in [-0.4, -0.2) is 21.5 Å². The minimum Gasteiger partial charge on any atom is -0.316 e. The average Bonchev–Trinajstić information content (AvgIpc) is 2.31. The Hall–Kier alpha value is -0.910. The monoisotopic (exact) mass is 284 g/mol. The van der Waals surface area contributed by atoms with Gasteiger partial charge in [0, 0.05) is 12.6 Å². The first kappa shape index (κ1) is 16.1. The maximum absolute atomic E-state index is 12.4. The molecule has 0 saturated heterocycles. The maximum Gasteiger partial charge on any atom is 0.241 e. The van der Waals surface area contributed by atoms with Crippen molar-refractivity contribution in [3.63, 3.8) is 0 Å². The van der Waals surface area contributed by atoms with Crippen LogP contribution in [0, 0.1) is 12.8 Å². The van der Waals surface area contributed by atoms with Gasteiger partial charge in [0.2, 0.25) is 10.0 Å². The summed E-state index contributed by atoms with van der Waals surface area (Å²) in [5.74, 6) is 0.260. The maximum atomic E-state index is 12.4. The van der Waals surface area contributed by atoms with E-state index in [2.05, 4.69) is 10.0 Å². The van der Waals surface area contributed by atoms with Crippen molar-refractivity contribution in [1.82, 2.24) is 10.0 Å². The smallest absolute Gasteiger partial charge is 0.241 e. The van der Waals surface area contributed by atoms with Gasteiger partial charge in [0.05, 0.1) is 4.90 Å². The second kappa shape index (κ2) is 6.50. The fourth-order valence-electron chi connectivity index (χ4n) is 1.78. The van der Waals surface area contributed by atoms with E-state index in [0.29, 0.717) is 11.4 Å². The van der Waals surface area contributed by atoms with Gasteiger partial charge in [0.25, 0.3) is 0 Å². The van der Waals surface area contributed by atoms with Crippen LogP contribution in [-0.2, 0) is 16.6 Å². The van der Waals surface area contributed by atoms with Crippen LogP contribution in [0.5, 0.6) is 0 Å². The summed E-state index contributed by atoms with van der Waals surface area (Å²) in [6.07, 6.45) is 0. The molecule has 1 atom stereocenters. The number of benzene rings is 1. The molecular weight excluding hydrogens is 260 g/mol. The van der Waals surface area contributed by atoms with Crippen molar-refractivity contribution in [2.45, 2.75) is 45.2 Å². The van der Waals surface area contributed by atoms with E-state index >= 15 is 0 Å². The number of hydrogen-bond donors (Lipinski definition) is 2. The summed E-state index contributed by atoms with van der Waals surface area (Å²) >= 11 is 0. The molecule has 0 heterocycles. The third kappa shape index (κ3) is 4.03. The molecule has 0 fully saturated rings. The molecule has 0 saturated carbocycles. The molecule has 0 bridgehead atoms. The predicted molar refractivity (Wildman–Crippen MR) is 78.6 cm³/mol. The zero-order valence-corrected chi connectivity index (χ0v) is 13.1. The Morgan fingerprint density at radius 2 is 1.84 bits per heavy atom. The fraction of sp³-hybridized carbons (Fsp3) is 0.571. The van der Waals surface area contributed by atoms with Gasteiger partial charge in [0.1, 0.15) is 0 Å². The first-order chi connectivity index (χ1) is 8.79.